The van der Waals surface area contributed by atoms with E-state index in [2.05, 4.69) is 10.6 Å². The standard InChI is InChI=1S/C27H28N2O7/c1-3-34-22-9-5-4-8-21(22)29-26(31)18-35-27(32)17-16-25(30)28-19-12-14-20(15-13-19)36-24-11-7-6-10-23(24)33-2/h4-15H,3,16-18H2,1-2H3,(H,28,30)(H,29,31). The first-order valence-corrected chi connectivity index (χ1v) is 11.4. The average Bonchev–Trinajstić information content (AvgIpc) is 2.89. The SMILES string of the molecule is CCOc1ccccc1NC(=O)COC(=O)CCC(=O)Nc1ccc(Oc2ccccc2OC)cc1. The highest BCUT2D eigenvalue weighted by molar-refractivity contribution is 5.95. The highest BCUT2D eigenvalue weighted by atomic mass is 16.5. The van der Waals surface area contributed by atoms with E-state index < -0.39 is 18.5 Å². The Kier molecular flexibility index (Phi) is 9.69. The Hall–Kier alpha value is -4.53. The third kappa shape index (κ3) is 8.05. The van der Waals surface area contributed by atoms with E-state index in [1.807, 2.05) is 19.1 Å². The summed E-state index contributed by atoms with van der Waals surface area (Å²) in [5, 5.41) is 5.34. The summed E-state index contributed by atoms with van der Waals surface area (Å²) in [5.74, 6) is 0.755. The van der Waals surface area contributed by atoms with Gasteiger partial charge in [-0.25, -0.2) is 0 Å². The van der Waals surface area contributed by atoms with Crippen LogP contribution in [0.3, 0.4) is 0 Å². The Morgan fingerprint density at radius 2 is 1.42 bits per heavy atom. The summed E-state index contributed by atoms with van der Waals surface area (Å²) in [6, 6.07) is 21.0. The van der Waals surface area contributed by atoms with Crippen molar-refractivity contribution < 1.29 is 33.3 Å². The van der Waals surface area contributed by atoms with Gasteiger partial charge in [0.15, 0.2) is 18.1 Å². The van der Waals surface area contributed by atoms with Gasteiger partial charge in [-0.3, -0.25) is 14.4 Å². The van der Waals surface area contributed by atoms with Crippen molar-refractivity contribution in [2.45, 2.75) is 19.8 Å². The molecular formula is C27H28N2O7. The zero-order valence-electron chi connectivity index (χ0n) is 20.1. The number of rotatable bonds is 12. The fourth-order valence-corrected chi connectivity index (χ4v) is 3.13. The molecule has 0 fully saturated rings. The summed E-state index contributed by atoms with van der Waals surface area (Å²) in [6.07, 6.45) is -0.253. The third-order valence-electron chi connectivity index (χ3n) is 4.82. The molecule has 36 heavy (non-hydrogen) atoms. The molecule has 0 saturated heterocycles. The van der Waals surface area contributed by atoms with Gasteiger partial charge in [0.25, 0.3) is 5.91 Å². The van der Waals surface area contributed by atoms with Crippen LogP contribution in [0.2, 0.25) is 0 Å². The van der Waals surface area contributed by atoms with E-state index >= 15 is 0 Å². The molecule has 0 aliphatic rings. The van der Waals surface area contributed by atoms with Crippen LogP contribution in [0.25, 0.3) is 0 Å². The van der Waals surface area contributed by atoms with E-state index in [1.165, 1.54) is 0 Å². The lowest BCUT2D eigenvalue weighted by Gasteiger charge is -2.11. The van der Waals surface area contributed by atoms with E-state index in [0.717, 1.165) is 0 Å². The number of amides is 2. The molecule has 0 aliphatic carbocycles. The van der Waals surface area contributed by atoms with Crippen LogP contribution in [0.5, 0.6) is 23.0 Å². The van der Waals surface area contributed by atoms with Crippen molar-refractivity contribution in [2.24, 2.45) is 0 Å². The second kappa shape index (κ2) is 13.4. The van der Waals surface area contributed by atoms with Crippen molar-refractivity contribution in [3.63, 3.8) is 0 Å². The lowest BCUT2D eigenvalue weighted by molar-refractivity contribution is -0.147. The molecule has 0 saturated carbocycles. The highest BCUT2D eigenvalue weighted by Crippen LogP contribution is 2.31. The van der Waals surface area contributed by atoms with Crippen LogP contribution in [0.4, 0.5) is 11.4 Å². The van der Waals surface area contributed by atoms with Gasteiger partial charge in [-0.15, -0.1) is 0 Å². The maximum absolute atomic E-state index is 12.2. The molecule has 0 atom stereocenters. The second-order valence-corrected chi connectivity index (χ2v) is 7.46. The number of carbonyl (C=O) groups is 3. The quantitative estimate of drug-likeness (QED) is 0.350. The Bertz CT molecular complexity index is 1180. The van der Waals surface area contributed by atoms with E-state index in [1.54, 1.807) is 67.8 Å². The van der Waals surface area contributed by atoms with Crippen LogP contribution in [-0.2, 0) is 19.1 Å². The van der Waals surface area contributed by atoms with E-state index in [-0.39, 0.29) is 18.7 Å². The predicted octanol–water partition coefficient (Wildman–Crippen LogP) is 4.79. The molecule has 2 amide bonds. The van der Waals surface area contributed by atoms with Gasteiger partial charge in [0.1, 0.15) is 11.5 Å². The predicted molar refractivity (Wildman–Crippen MR) is 135 cm³/mol. The number of ether oxygens (including phenoxy) is 4. The molecule has 0 aliphatic heterocycles. The number of carbonyl (C=O) groups excluding carboxylic acids is 3. The first-order chi connectivity index (χ1) is 17.5. The van der Waals surface area contributed by atoms with Crippen LogP contribution in [0.15, 0.2) is 72.8 Å². The molecule has 188 valence electrons. The molecule has 0 bridgehead atoms. The summed E-state index contributed by atoms with van der Waals surface area (Å²) >= 11 is 0. The molecule has 0 radical (unpaired) electrons. The van der Waals surface area contributed by atoms with Crippen LogP contribution < -0.4 is 24.8 Å². The molecule has 3 rings (SSSR count). The topological polar surface area (TPSA) is 112 Å². The van der Waals surface area contributed by atoms with Crippen LogP contribution in [0.1, 0.15) is 19.8 Å². The minimum atomic E-state index is -0.654. The van der Waals surface area contributed by atoms with Crippen molar-refractivity contribution in [3.8, 4) is 23.0 Å². The zero-order chi connectivity index (χ0) is 25.8. The maximum atomic E-state index is 12.2. The largest absolute Gasteiger partial charge is 0.493 e. The van der Waals surface area contributed by atoms with E-state index in [0.29, 0.717) is 41.0 Å². The fraction of sp³-hybridized carbons (Fsp3) is 0.222. The Balaban J connectivity index is 1.39. The van der Waals surface area contributed by atoms with Gasteiger partial charge < -0.3 is 29.6 Å². The van der Waals surface area contributed by atoms with Crippen molar-refractivity contribution in [1.29, 1.82) is 0 Å². The first-order valence-electron chi connectivity index (χ1n) is 11.4. The smallest absolute Gasteiger partial charge is 0.306 e. The molecule has 0 unspecified atom stereocenters. The van der Waals surface area contributed by atoms with Crippen molar-refractivity contribution in [2.75, 3.05) is 31.0 Å². The number of methoxy groups -OCH3 is 1. The van der Waals surface area contributed by atoms with Crippen LogP contribution in [0, 0.1) is 0 Å². The molecule has 9 nitrogen and oxygen atoms in total. The van der Waals surface area contributed by atoms with E-state index in [4.69, 9.17) is 18.9 Å². The summed E-state index contributed by atoms with van der Waals surface area (Å²) in [4.78, 5) is 36.2. The third-order valence-corrected chi connectivity index (χ3v) is 4.82. The van der Waals surface area contributed by atoms with Crippen LogP contribution in [-0.4, -0.2) is 38.1 Å². The lowest BCUT2D eigenvalue weighted by Crippen LogP contribution is -2.22. The second-order valence-electron chi connectivity index (χ2n) is 7.46. The minimum Gasteiger partial charge on any atom is -0.493 e. The number of benzene rings is 3. The normalized spacial score (nSPS) is 10.2. The first kappa shape index (κ1) is 26.1. The molecule has 0 aromatic heterocycles. The molecule has 2 N–H and O–H groups in total. The Labute approximate surface area is 209 Å². The number of esters is 1. The van der Waals surface area contributed by atoms with Crippen molar-refractivity contribution in [1.82, 2.24) is 0 Å². The summed E-state index contributed by atoms with van der Waals surface area (Å²) < 4.78 is 21.5. The zero-order valence-corrected chi connectivity index (χ0v) is 20.1. The van der Waals surface area contributed by atoms with Gasteiger partial charge in [0, 0.05) is 12.1 Å². The van der Waals surface area contributed by atoms with Gasteiger partial charge in [-0.2, -0.15) is 0 Å². The van der Waals surface area contributed by atoms with Crippen LogP contribution >= 0.6 is 0 Å². The maximum Gasteiger partial charge on any atom is 0.306 e. The molecule has 3 aromatic rings. The molecular weight excluding hydrogens is 464 g/mol. The van der Waals surface area contributed by atoms with Gasteiger partial charge in [0.05, 0.1) is 25.8 Å². The summed E-state index contributed by atoms with van der Waals surface area (Å²) in [7, 11) is 1.56. The number of hydrogen-bond acceptors (Lipinski definition) is 7. The number of anilines is 2. The Morgan fingerprint density at radius 1 is 0.750 bits per heavy atom. The average molecular weight is 493 g/mol. The van der Waals surface area contributed by atoms with Gasteiger partial charge in [0.2, 0.25) is 5.91 Å². The van der Waals surface area contributed by atoms with Crippen molar-refractivity contribution in [3.05, 3.63) is 72.8 Å². The molecule has 3 aromatic carbocycles. The van der Waals surface area contributed by atoms with Gasteiger partial charge >= 0.3 is 5.97 Å². The highest BCUT2D eigenvalue weighted by Gasteiger charge is 2.13. The number of hydrogen-bond donors (Lipinski definition) is 2. The minimum absolute atomic E-state index is 0.0902. The summed E-state index contributed by atoms with van der Waals surface area (Å²) in [6.45, 7) is 1.82. The fourth-order valence-electron chi connectivity index (χ4n) is 3.13. The number of para-hydroxylation sites is 4. The summed E-state index contributed by atoms with van der Waals surface area (Å²) in [5.41, 5.74) is 1.03. The molecule has 9 heteroatoms. The number of nitrogens with one attached hydrogen (secondary N) is 2. The molecule has 0 spiro atoms. The lowest BCUT2D eigenvalue weighted by atomic mass is 10.2. The van der Waals surface area contributed by atoms with Gasteiger partial charge in [-0.1, -0.05) is 24.3 Å². The van der Waals surface area contributed by atoms with E-state index in [9.17, 15) is 14.4 Å². The monoisotopic (exact) mass is 492 g/mol. The van der Waals surface area contributed by atoms with Gasteiger partial charge in [-0.05, 0) is 55.5 Å². The van der Waals surface area contributed by atoms with Crippen molar-refractivity contribution >= 4 is 29.2 Å². The Morgan fingerprint density at radius 3 is 2.11 bits per heavy atom. The molecule has 0 heterocycles.